The Hall–Kier alpha value is -1.62. The summed E-state index contributed by atoms with van der Waals surface area (Å²) in [5, 5.41) is 8.89. The minimum absolute atomic E-state index is 0.121. The first-order chi connectivity index (χ1) is 10.8. The van der Waals surface area contributed by atoms with Gasteiger partial charge in [-0.2, -0.15) is 26.3 Å². The molecule has 1 N–H and O–H groups in total. The van der Waals surface area contributed by atoms with Crippen LogP contribution in [0.3, 0.4) is 0 Å². The molecule has 1 aromatic rings. The second kappa shape index (κ2) is 7.51. The Morgan fingerprint density at radius 1 is 0.875 bits per heavy atom. The van der Waals surface area contributed by atoms with Crippen LogP contribution in [0.25, 0.3) is 4.91 Å². The quantitative estimate of drug-likeness (QED) is 0.428. The van der Waals surface area contributed by atoms with Gasteiger partial charge in [0.1, 0.15) is 4.91 Å². The van der Waals surface area contributed by atoms with Crippen molar-refractivity contribution in [3.05, 3.63) is 40.3 Å². The number of benzene rings is 1. The van der Waals surface area contributed by atoms with E-state index in [0.717, 1.165) is 24.3 Å². The Bertz CT molecular complexity index is 662. The lowest BCUT2D eigenvalue weighted by Gasteiger charge is -2.15. The number of aliphatic carboxylic acids is 1. The molecule has 24 heavy (non-hydrogen) atoms. The molecule has 1 aromatic carbocycles. The average molecular weight is 390 g/mol. The standard InChI is InChI=1S/C13H8F6O3S2/c1-6(20)7-2-4-8(5-3-7)9(23-12(14,15)16)10(11(21)22)24-13(17,18)19/h2-5H,1H3,(H,21,22)/b10-9-. The van der Waals surface area contributed by atoms with E-state index in [-0.39, 0.29) is 5.56 Å². The van der Waals surface area contributed by atoms with Crippen LogP contribution >= 0.6 is 23.5 Å². The third kappa shape index (κ3) is 6.48. The molecule has 132 valence electrons. The maximum atomic E-state index is 12.6. The number of carbonyl (C=O) groups excluding carboxylic acids is 1. The molecular formula is C13H8F6O3S2. The average Bonchev–Trinajstić information content (AvgIpc) is 2.40. The summed E-state index contributed by atoms with van der Waals surface area (Å²) < 4.78 is 75.4. The van der Waals surface area contributed by atoms with Gasteiger partial charge < -0.3 is 5.11 Å². The maximum absolute atomic E-state index is 12.6. The van der Waals surface area contributed by atoms with E-state index in [1.54, 1.807) is 0 Å². The summed E-state index contributed by atoms with van der Waals surface area (Å²) in [6.45, 7) is 1.19. The molecule has 11 heteroatoms. The third-order valence-corrected chi connectivity index (χ3v) is 4.21. The molecule has 0 unspecified atom stereocenters. The van der Waals surface area contributed by atoms with E-state index in [9.17, 15) is 35.9 Å². The lowest BCUT2D eigenvalue weighted by molar-refractivity contribution is -0.131. The molecule has 0 aliphatic carbocycles. The number of hydrogen-bond acceptors (Lipinski definition) is 4. The van der Waals surface area contributed by atoms with E-state index in [1.165, 1.54) is 6.92 Å². The Morgan fingerprint density at radius 3 is 1.62 bits per heavy atom. The van der Waals surface area contributed by atoms with Crippen LogP contribution in [-0.4, -0.2) is 27.9 Å². The van der Waals surface area contributed by atoms with Gasteiger partial charge in [0.05, 0.1) is 0 Å². The first-order valence-electron chi connectivity index (χ1n) is 5.90. The van der Waals surface area contributed by atoms with Gasteiger partial charge in [0.2, 0.25) is 0 Å². The van der Waals surface area contributed by atoms with Crippen molar-refractivity contribution in [1.29, 1.82) is 0 Å². The zero-order valence-corrected chi connectivity index (χ0v) is 13.3. The van der Waals surface area contributed by atoms with Gasteiger partial charge in [0.15, 0.2) is 5.78 Å². The minimum atomic E-state index is -5.08. The molecule has 0 aliphatic heterocycles. The van der Waals surface area contributed by atoms with Crippen molar-refractivity contribution < 1.29 is 41.0 Å². The largest absolute Gasteiger partial charge is 0.477 e. The molecule has 0 saturated carbocycles. The van der Waals surface area contributed by atoms with Crippen molar-refractivity contribution in [3.8, 4) is 0 Å². The molecular weight excluding hydrogens is 382 g/mol. The number of carboxylic acids is 1. The van der Waals surface area contributed by atoms with Gasteiger partial charge in [-0.1, -0.05) is 24.3 Å². The van der Waals surface area contributed by atoms with Crippen molar-refractivity contribution in [2.24, 2.45) is 0 Å². The molecule has 3 nitrogen and oxygen atoms in total. The summed E-state index contributed by atoms with van der Waals surface area (Å²) in [5.74, 6) is -2.54. The van der Waals surface area contributed by atoms with Crippen LogP contribution in [0.1, 0.15) is 22.8 Å². The molecule has 0 saturated heterocycles. The number of halogens is 6. The molecule has 0 bridgehead atoms. The second-order valence-corrected chi connectivity index (χ2v) is 6.34. The SMILES string of the molecule is CC(=O)c1ccc(/C(SC(F)(F)F)=C(/SC(F)(F)F)C(=O)O)cc1. The van der Waals surface area contributed by atoms with Crippen LogP contribution in [0, 0.1) is 0 Å². The van der Waals surface area contributed by atoms with E-state index < -0.39 is 61.7 Å². The van der Waals surface area contributed by atoms with Gasteiger partial charge in [-0.25, -0.2) is 4.79 Å². The Morgan fingerprint density at radius 2 is 1.29 bits per heavy atom. The van der Waals surface area contributed by atoms with Crippen molar-refractivity contribution in [3.63, 3.8) is 0 Å². The highest BCUT2D eigenvalue weighted by molar-refractivity contribution is 8.12. The zero-order valence-electron chi connectivity index (χ0n) is 11.7. The normalized spacial score (nSPS) is 13.5. The highest BCUT2D eigenvalue weighted by Crippen LogP contribution is 2.48. The fourth-order valence-corrected chi connectivity index (χ4v) is 2.96. The summed E-state index contributed by atoms with van der Waals surface area (Å²) >= 11 is -2.10. The monoisotopic (exact) mass is 390 g/mol. The van der Waals surface area contributed by atoms with E-state index in [1.807, 2.05) is 0 Å². The molecule has 0 aliphatic rings. The van der Waals surface area contributed by atoms with Crippen molar-refractivity contribution in [1.82, 2.24) is 0 Å². The summed E-state index contributed by atoms with van der Waals surface area (Å²) in [5.41, 5.74) is -10.3. The fraction of sp³-hybridized carbons (Fsp3) is 0.231. The van der Waals surface area contributed by atoms with Gasteiger partial charge in [-0.3, -0.25) is 4.79 Å². The number of carbonyl (C=O) groups is 2. The van der Waals surface area contributed by atoms with Gasteiger partial charge in [0, 0.05) is 10.5 Å². The van der Waals surface area contributed by atoms with Gasteiger partial charge in [0.25, 0.3) is 0 Å². The van der Waals surface area contributed by atoms with Crippen molar-refractivity contribution in [2.75, 3.05) is 0 Å². The topological polar surface area (TPSA) is 54.4 Å². The van der Waals surface area contributed by atoms with Crippen LogP contribution in [0.5, 0.6) is 0 Å². The Labute approximate surface area is 140 Å². The van der Waals surface area contributed by atoms with E-state index in [2.05, 4.69) is 0 Å². The Balaban J connectivity index is 3.50. The van der Waals surface area contributed by atoms with E-state index >= 15 is 0 Å². The van der Waals surface area contributed by atoms with Gasteiger partial charge in [-0.05, 0) is 36.0 Å². The van der Waals surface area contributed by atoms with Gasteiger partial charge >= 0.3 is 17.0 Å². The lowest BCUT2D eigenvalue weighted by atomic mass is 10.1. The minimum Gasteiger partial charge on any atom is -0.477 e. The molecule has 0 radical (unpaired) electrons. The van der Waals surface area contributed by atoms with Crippen LogP contribution in [0.2, 0.25) is 0 Å². The lowest BCUT2D eigenvalue weighted by Crippen LogP contribution is -2.10. The van der Waals surface area contributed by atoms with Crippen molar-refractivity contribution in [2.45, 2.75) is 17.9 Å². The molecule has 0 atom stereocenters. The predicted octanol–water partition coefficient (Wildman–Crippen LogP) is 5.15. The molecule has 0 amide bonds. The zero-order chi connectivity index (χ0) is 18.7. The molecule has 0 fully saturated rings. The number of Topliss-reactive ketones (excluding diaryl/α,β-unsaturated/α-hetero) is 1. The number of rotatable bonds is 5. The molecule has 0 aromatic heterocycles. The van der Waals surface area contributed by atoms with Gasteiger partial charge in [-0.15, -0.1) is 0 Å². The summed E-state index contributed by atoms with van der Waals surface area (Å²) in [6, 6.07) is 4.13. The fourth-order valence-electron chi connectivity index (χ4n) is 1.51. The summed E-state index contributed by atoms with van der Waals surface area (Å²) in [7, 11) is 0. The number of thioether (sulfide) groups is 2. The van der Waals surface area contributed by atoms with Crippen LogP contribution < -0.4 is 0 Å². The maximum Gasteiger partial charge on any atom is 0.446 e. The first-order valence-corrected chi connectivity index (χ1v) is 7.54. The van der Waals surface area contributed by atoms with Crippen LogP contribution in [-0.2, 0) is 4.79 Å². The summed E-state index contributed by atoms with van der Waals surface area (Å²) in [4.78, 5) is 19.6. The molecule has 0 spiro atoms. The number of hydrogen-bond donors (Lipinski definition) is 1. The second-order valence-electron chi connectivity index (χ2n) is 4.19. The molecule has 1 rings (SSSR count). The number of carboxylic acid groups (broad SMARTS) is 1. The highest BCUT2D eigenvalue weighted by atomic mass is 32.2. The molecule has 0 heterocycles. The first kappa shape index (κ1) is 20.4. The third-order valence-electron chi connectivity index (χ3n) is 2.39. The smallest absolute Gasteiger partial charge is 0.446 e. The van der Waals surface area contributed by atoms with E-state index in [0.29, 0.717) is 0 Å². The van der Waals surface area contributed by atoms with E-state index in [4.69, 9.17) is 5.11 Å². The Kier molecular flexibility index (Phi) is 6.39. The van der Waals surface area contributed by atoms with Crippen LogP contribution in [0.4, 0.5) is 26.3 Å². The van der Waals surface area contributed by atoms with Crippen molar-refractivity contribution >= 4 is 40.2 Å². The number of ketones is 1. The van der Waals surface area contributed by atoms with Crippen LogP contribution in [0.15, 0.2) is 29.2 Å². The number of alkyl halides is 6. The highest BCUT2D eigenvalue weighted by Gasteiger charge is 2.39. The summed E-state index contributed by atoms with van der Waals surface area (Å²) in [6.07, 6.45) is 0. The predicted molar refractivity (Wildman–Crippen MR) is 78.3 cm³/mol.